The Hall–Kier alpha value is -0.570. The Morgan fingerprint density at radius 1 is 1.47 bits per heavy atom. The van der Waals surface area contributed by atoms with Gasteiger partial charge in [-0.15, -0.1) is 0 Å². The smallest absolute Gasteiger partial charge is 0.220 e. The van der Waals surface area contributed by atoms with E-state index in [4.69, 9.17) is 0 Å². The molecule has 0 aromatic carbocycles. The number of carbonyl (C=O) groups excluding carboxylic acids is 1. The zero-order chi connectivity index (χ0) is 11.3. The Kier molecular flexibility index (Phi) is 5.09. The number of carbonyl (C=O) groups is 1. The predicted octanol–water partition coefficient (Wildman–Crippen LogP) is 1.39. The first-order valence-corrected chi connectivity index (χ1v) is 6.07. The van der Waals surface area contributed by atoms with Gasteiger partial charge in [0, 0.05) is 13.0 Å². The van der Waals surface area contributed by atoms with Crippen LogP contribution < -0.4 is 10.6 Å². The number of hydrogen-bond donors (Lipinski definition) is 2. The minimum Gasteiger partial charge on any atom is -0.356 e. The summed E-state index contributed by atoms with van der Waals surface area (Å²) in [5, 5.41) is 6.37. The Bertz CT molecular complexity index is 204. The van der Waals surface area contributed by atoms with Crippen molar-refractivity contribution in [1.82, 2.24) is 10.6 Å². The third-order valence-electron chi connectivity index (χ3n) is 3.11. The number of amides is 1. The first kappa shape index (κ1) is 12.5. The largest absolute Gasteiger partial charge is 0.356 e. The highest BCUT2D eigenvalue weighted by molar-refractivity contribution is 5.75. The maximum absolute atomic E-state index is 11.4. The Morgan fingerprint density at radius 3 is 2.73 bits per heavy atom. The second kappa shape index (κ2) is 6.11. The van der Waals surface area contributed by atoms with E-state index in [1.807, 2.05) is 0 Å². The van der Waals surface area contributed by atoms with Gasteiger partial charge in [-0.3, -0.25) is 4.79 Å². The summed E-state index contributed by atoms with van der Waals surface area (Å²) >= 11 is 0. The normalized spacial score (nSPS) is 25.9. The zero-order valence-electron chi connectivity index (χ0n) is 10.2. The molecule has 1 saturated heterocycles. The van der Waals surface area contributed by atoms with E-state index in [1.165, 1.54) is 0 Å². The summed E-state index contributed by atoms with van der Waals surface area (Å²) in [5.41, 5.74) is 0. The molecule has 2 N–H and O–H groups in total. The highest BCUT2D eigenvalue weighted by Crippen LogP contribution is 2.18. The first-order chi connectivity index (χ1) is 7.09. The lowest BCUT2D eigenvalue weighted by Crippen LogP contribution is -2.28. The predicted molar refractivity (Wildman–Crippen MR) is 62.6 cm³/mol. The summed E-state index contributed by atoms with van der Waals surface area (Å²) in [6.45, 7) is 9.50. The van der Waals surface area contributed by atoms with Crippen LogP contribution in [0, 0.1) is 17.8 Å². The fraction of sp³-hybridized carbons (Fsp3) is 0.917. The Morgan fingerprint density at radius 2 is 2.20 bits per heavy atom. The maximum Gasteiger partial charge on any atom is 0.220 e. The lowest BCUT2D eigenvalue weighted by Gasteiger charge is -2.14. The molecule has 0 bridgehead atoms. The van der Waals surface area contributed by atoms with E-state index >= 15 is 0 Å². The summed E-state index contributed by atoms with van der Waals surface area (Å²) in [6.07, 6.45) is 1.76. The quantitative estimate of drug-likeness (QED) is 0.723. The van der Waals surface area contributed by atoms with E-state index in [0.29, 0.717) is 12.3 Å². The molecule has 0 radical (unpaired) electrons. The van der Waals surface area contributed by atoms with Crippen LogP contribution in [0.4, 0.5) is 0 Å². The van der Waals surface area contributed by atoms with Gasteiger partial charge in [-0.25, -0.2) is 0 Å². The van der Waals surface area contributed by atoms with Crippen LogP contribution in [0.25, 0.3) is 0 Å². The molecule has 3 nitrogen and oxygen atoms in total. The second-order valence-corrected chi connectivity index (χ2v) is 5.13. The average molecular weight is 212 g/mol. The first-order valence-electron chi connectivity index (χ1n) is 6.07. The van der Waals surface area contributed by atoms with Crippen molar-refractivity contribution < 1.29 is 4.79 Å². The SMILES string of the molecule is CC(C)CC(=O)NCC[C@@H]1CNC[C@H]1C. The molecule has 1 fully saturated rings. The molecule has 1 aliphatic heterocycles. The minimum absolute atomic E-state index is 0.198. The van der Waals surface area contributed by atoms with E-state index in [2.05, 4.69) is 31.4 Å². The molecule has 1 aliphatic rings. The van der Waals surface area contributed by atoms with Crippen molar-refractivity contribution in [2.45, 2.75) is 33.6 Å². The fourth-order valence-corrected chi connectivity index (χ4v) is 2.09. The van der Waals surface area contributed by atoms with Gasteiger partial charge in [0.25, 0.3) is 0 Å². The third-order valence-corrected chi connectivity index (χ3v) is 3.11. The standard InChI is InChI=1S/C12H24N2O/c1-9(2)6-12(15)14-5-4-11-8-13-7-10(11)3/h9-11,13H,4-8H2,1-3H3,(H,14,15)/t10-,11-/m1/s1. The molecule has 0 spiro atoms. The Labute approximate surface area is 93.0 Å². The molecule has 0 unspecified atom stereocenters. The zero-order valence-corrected chi connectivity index (χ0v) is 10.2. The molecule has 15 heavy (non-hydrogen) atoms. The molecular formula is C12H24N2O. The van der Waals surface area contributed by atoms with Crippen molar-refractivity contribution in [3.05, 3.63) is 0 Å². The molecule has 2 atom stereocenters. The van der Waals surface area contributed by atoms with Gasteiger partial charge in [0.1, 0.15) is 0 Å². The van der Waals surface area contributed by atoms with E-state index in [0.717, 1.165) is 37.9 Å². The number of nitrogens with one attached hydrogen (secondary N) is 2. The summed E-state index contributed by atoms with van der Waals surface area (Å²) in [6, 6.07) is 0. The highest BCUT2D eigenvalue weighted by Gasteiger charge is 2.22. The monoisotopic (exact) mass is 212 g/mol. The van der Waals surface area contributed by atoms with Gasteiger partial charge in [-0.05, 0) is 37.3 Å². The Balaban J connectivity index is 2.08. The van der Waals surface area contributed by atoms with Crippen molar-refractivity contribution in [1.29, 1.82) is 0 Å². The summed E-state index contributed by atoms with van der Waals surface area (Å²) in [7, 11) is 0. The van der Waals surface area contributed by atoms with Crippen molar-refractivity contribution in [3.63, 3.8) is 0 Å². The molecule has 1 rings (SSSR count). The summed E-state index contributed by atoms with van der Waals surface area (Å²) < 4.78 is 0. The molecule has 88 valence electrons. The van der Waals surface area contributed by atoms with Crippen molar-refractivity contribution in [3.8, 4) is 0 Å². The molecule has 0 aromatic heterocycles. The molecule has 0 saturated carbocycles. The van der Waals surface area contributed by atoms with Gasteiger partial charge >= 0.3 is 0 Å². The van der Waals surface area contributed by atoms with Gasteiger partial charge in [0.2, 0.25) is 5.91 Å². The van der Waals surface area contributed by atoms with Crippen LogP contribution in [0.1, 0.15) is 33.6 Å². The number of hydrogen-bond acceptors (Lipinski definition) is 2. The summed E-state index contributed by atoms with van der Waals surface area (Å²) in [4.78, 5) is 11.4. The highest BCUT2D eigenvalue weighted by atomic mass is 16.1. The van der Waals surface area contributed by atoms with Crippen LogP contribution in [0.5, 0.6) is 0 Å². The van der Waals surface area contributed by atoms with Gasteiger partial charge in [-0.2, -0.15) is 0 Å². The third kappa shape index (κ3) is 4.65. The van der Waals surface area contributed by atoms with Crippen molar-refractivity contribution in [2.24, 2.45) is 17.8 Å². The van der Waals surface area contributed by atoms with Crippen molar-refractivity contribution >= 4 is 5.91 Å². The van der Waals surface area contributed by atoms with Crippen LogP contribution in [0.2, 0.25) is 0 Å². The molecular weight excluding hydrogens is 188 g/mol. The summed E-state index contributed by atoms with van der Waals surface area (Å²) in [5.74, 6) is 2.15. The van der Waals surface area contributed by atoms with Gasteiger partial charge in [0.15, 0.2) is 0 Å². The van der Waals surface area contributed by atoms with Crippen LogP contribution in [-0.4, -0.2) is 25.5 Å². The van der Waals surface area contributed by atoms with E-state index < -0.39 is 0 Å². The van der Waals surface area contributed by atoms with Crippen LogP contribution in [-0.2, 0) is 4.79 Å². The molecule has 1 amide bonds. The lowest BCUT2D eigenvalue weighted by molar-refractivity contribution is -0.121. The van der Waals surface area contributed by atoms with Gasteiger partial charge in [-0.1, -0.05) is 20.8 Å². The van der Waals surface area contributed by atoms with Crippen LogP contribution >= 0.6 is 0 Å². The molecule has 0 aliphatic carbocycles. The minimum atomic E-state index is 0.198. The molecule has 1 heterocycles. The number of rotatable bonds is 5. The second-order valence-electron chi connectivity index (χ2n) is 5.13. The van der Waals surface area contributed by atoms with E-state index in [9.17, 15) is 4.79 Å². The van der Waals surface area contributed by atoms with E-state index in [1.54, 1.807) is 0 Å². The molecule has 3 heteroatoms. The maximum atomic E-state index is 11.4. The lowest BCUT2D eigenvalue weighted by atomic mass is 9.95. The van der Waals surface area contributed by atoms with Gasteiger partial charge in [0.05, 0.1) is 0 Å². The van der Waals surface area contributed by atoms with E-state index in [-0.39, 0.29) is 5.91 Å². The average Bonchev–Trinajstić information content (AvgIpc) is 2.50. The molecule has 0 aromatic rings. The topological polar surface area (TPSA) is 41.1 Å². The van der Waals surface area contributed by atoms with Gasteiger partial charge < -0.3 is 10.6 Å². The fourth-order valence-electron chi connectivity index (χ4n) is 2.09. The van der Waals surface area contributed by atoms with Crippen molar-refractivity contribution in [2.75, 3.05) is 19.6 Å². The van der Waals surface area contributed by atoms with Crippen LogP contribution in [0.15, 0.2) is 0 Å². The van der Waals surface area contributed by atoms with Crippen LogP contribution in [0.3, 0.4) is 0 Å².